The highest BCUT2D eigenvalue weighted by molar-refractivity contribution is 6.09. The van der Waals surface area contributed by atoms with Crippen LogP contribution in [0.2, 0.25) is 0 Å². The second-order valence-electron chi connectivity index (χ2n) is 9.49. The first kappa shape index (κ1) is 28.1. The smallest absolute Gasteiger partial charge is 0.204 e. The lowest BCUT2D eigenvalue weighted by molar-refractivity contribution is 0.100. The van der Waals surface area contributed by atoms with Gasteiger partial charge >= 0.3 is 0 Å². The number of aliphatic imine (C=N–C) groups is 1. The summed E-state index contributed by atoms with van der Waals surface area (Å²) in [6, 6.07) is 12.4. The van der Waals surface area contributed by atoms with Gasteiger partial charge in [-0.1, -0.05) is 18.1 Å². The van der Waals surface area contributed by atoms with E-state index >= 15 is 0 Å². The number of aromatic amines is 1. The molecular formula is C31H26FN7O3. The maximum Gasteiger partial charge on any atom is 0.204 e. The molecule has 10 nitrogen and oxygen atoms in total. The monoisotopic (exact) mass is 563 g/mol. The number of anilines is 1. The van der Waals surface area contributed by atoms with Crippen molar-refractivity contribution in [2.45, 2.75) is 32.4 Å². The van der Waals surface area contributed by atoms with E-state index < -0.39 is 11.4 Å². The van der Waals surface area contributed by atoms with Crippen molar-refractivity contribution >= 4 is 34.7 Å². The summed E-state index contributed by atoms with van der Waals surface area (Å²) in [5.74, 6) is 6.37. The molecule has 11 heteroatoms. The number of carbonyl (C=O) groups excluding carboxylic acids is 1. The second-order valence-corrected chi connectivity index (χ2v) is 9.49. The highest BCUT2D eigenvalue weighted by Crippen LogP contribution is 2.24. The third-order valence-corrected chi connectivity index (χ3v) is 6.60. The van der Waals surface area contributed by atoms with E-state index in [2.05, 4.69) is 36.8 Å². The predicted molar refractivity (Wildman–Crippen MR) is 158 cm³/mol. The minimum atomic E-state index is -1.58. The molecule has 4 N–H and O–H groups in total. The summed E-state index contributed by atoms with van der Waals surface area (Å²) in [6.07, 6.45) is 6.80. The van der Waals surface area contributed by atoms with Gasteiger partial charge in [-0.2, -0.15) is 0 Å². The molecule has 0 radical (unpaired) electrons. The van der Waals surface area contributed by atoms with E-state index in [0.29, 0.717) is 52.5 Å². The van der Waals surface area contributed by atoms with Crippen molar-refractivity contribution in [1.82, 2.24) is 24.5 Å². The second kappa shape index (κ2) is 11.6. The molecule has 5 heterocycles. The number of pyridine rings is 3. The van der Waals surface area contributed by atoms with Crippen molar-refractivity contribution in [3.05, 3.63) is 100.0 Å². The van der Waals surface area contributed by atoms with Gasteiger partial charge in [0.25, 0.3) is 0 Å². The number of benzene rings is 1. The van der Waals surface area contributed by atoms with E-state index in [0.717, 1.165) is 0 Å². The number of nitrogens with one attached hydrogen (secondary N) is 1. The standard InChI is InChI=1S/C23H20FN5O2.C8H6N2O/c1-3-29-20(25)18(21-26-11-12-27-21)19(30)17-8-7-16(28-22(17)29)9-10-23(2,31)14-5-4-6-15(24)13-14;11-7-3-5-10-8-6(7)2-1-4-9-8/h4-8,11-13,31H,3,25H2,1-2H3,(H,26,27);1-2,4-5H,3H2. The number of nitrogens with zero attached hydrogens (tertiary/aromatic N) is 5. The maximum atomic E-state index is 13.5. The van der Waals surface area contributed by atoms with Crippen molar-refractivity contribution in [2.75, 3.05) is 5.73 Å². The minimum absolute atomic E-state index is 0.100. The van der Waals surface area contributed by atoms with Gasteiger partial charge in [-0.05, 0) is 61.7 Å². The molecule has 0 saturated carbocycles. The Hall–Kier alpha value is -5.47. The van der Waals surface area contributed by atoms with Gasteiger partial charge in [-0.15, -0.1) is 0 Å². The Morgan fingerprint density at radius 1 is 1.14 bits per heavy atom. The Kier molecular flexibility index (Phi) is 7.73. The summed E-state index contributed by atoms with van der Waals surface area (Å²) in [6.45, 7) is 3.84. The van der Waals surface area contributed by atoms with E-state index in [1.54, 1.807) is 59.7 Å². The molecule has 1 aliphatic heterocycles. The minimum Gasteiger partial charge on any atom is -0.384 e. The molecule has 0 bridgehead atoms. The Morgan fingerprint density at radius 3 is 2.69 bits per heavy atom. The molecule has 0 spiro atoms. The Morgan fingerprint density at radius 2 is 1.98 bits per heavy atom. The zero-order chi connectivity index (χ0) is 29.9. The van der Waals surface area contributed by atoms with Crippen LogP contribution in [0.25, 0.3) is 22.4 Å². The average molecular weight is 564 g/mol. The number of hydrogen-bond acceptors (Lipinski definition) is 8. The van der Waals surface area contributed by atoms with Gasteiger partial charge in [0.2, 0.25) is 5.43 Å². The first-order valence-corrected chi connectivity index (χ1v) is 13.0. The van der Waals surface area contributed by atoms with Gasteiger partial charge in [-0.25, -0.2) is 24.3 Å². The number of fused-ring (bicyclic) bond motifs is 2. The van der Waals surface area contributed by atoms with Gasteiger partial charge in [0.1, 0.15) is 40.0 Å². The van der Waals surface area contributed by atoms with Crippen molar-refractivity contribution in [3.8, 4) is 23.2 Å². The number of rotatable bonds is 3. The van der Waals surface area contributed by atoms with E-state index in [9.17, 15) is 19.1 Å². The Balaban J connectivity index is 0.000000267. The first-order valence-electron chi connectivity index (χ1n) is 13.0. The number of H-pyrrole nitrogens is 1. The number of nitrogens with two attached hydrogens (primary N) is 1. The van der Waals surface area contributed by atoms with Crippen molar-refractivity contribution in [3.63, 3.8) is 0 Å². The highest BCUT2D eigenvalue weighted by Gasteiger charge is 2.21. The topological polar surface area (TPSA) is 152 Å². The Bertz CT molecular complexity index is 1950. The first-order chi connectivity index (χ1) is 20.2. The molecule has 42 heavy (non-hydrogen) atoms. The molecule has 1 aromatic carbocycles. The zero-order valence-electron chi connectivity index (χ0n) is 22.8. The van der Waals surface area contributed by atoms with Crippen LogP contribution >= 0.6 is 0 Å². The van der Waals surface area contributed by atoms with Crippen LogP contribution in [0, 0.1) is 17.7 Å². The number of aryl methyl sites for hydroxylation is 1. The van der Waals surface area contributed by atoms with Crippen LogP contribution in [-0.2, 0) is 12.1 Å². The SMILES string of the molecule is CCn1c(N)c(-c2ncc[nH]2)c(=O)c2ccc(C#CC(C)(O)c3cccc(F)c3)nc21.O=C1CC=Nc2ncccc21. The van der Waals surface area contributed by atoms with E-state index in [-0.39, 0.29) is 22.6 Å². The molecule has 1 aliphatic rings. The largest absolute Gasteiger partial charge is 0.384 e. The number of halogens is 1. The molecule has 210 valence electrons. The van der Waals surface area contributed by atoms with Crippen LogP contribution < -0.4 is 11.2 Å². The van der Waals surface area contributed by atoms with Gasteiger partial charge in [0, 0.05) is 37.8 Å². The number of imidazole rings is 1. The van der Waals surface area contributed by atoms with E-state index in [1.165, 1.54) is 25.1 Å². The van der Waals surface area contributed by atoms with Crippen LogP contribution in [0.5, 0.6) is 0 Å². The maximum absolute atomic E-state index is 13.5. The van der Waals surface area contributed by atoms with Gasteiger partial charge in [0.05, 0.1) is 10.9 Å². The molecule has 0 saturated heterocycles. The summed E-state index contributed by atoms with van der Waals surface area (Å²) in [4.78, 5) is 43.7. The lowest BCUT2D eigenvalue weighted by atomic mass is 9.96. The van der Waals surface area contributed by atoms with Gasteiger partial charge < -0.3 is 20.4 Å². The molecule has 4 aromatic heterocycles. The quantitative estimate of drug-likeness (QED) is 0.279. The van der Waals surface area contributed by atoms with Crippen molar-refractivity contribution in [2.24, 2.45) is 4.99 Å². The van der Waals surface area contributed by atoms with Crippen LogP contribution in [0.3, 0.4) is 0 Å². The number of aromatic nitrogens is 5. The van der Waals surface area contributed by atoms with E-state index in [1.807, 2.05) is 6.92 Å². The fourth-order valence-electron chi connectivity index (χ4n) is 4.44. The summed E-state index contributed by atoms with van der Waals surface area (Å²) in [5, 5.41) is 11.0. The number of carbonyl (C=O) groups is 1. The summed E-state index contributed by atoms with van der Waals surface area (Å²) < 4.78 is 15.2. The van der Waals surface area contributed by atoms with Crippen LogP contribution in [-0.4, -0.2) is 41.6 Å². The number of nitrogen functional groups attached to an aromatic ring is 1. The molecule has 6 rings (SSSR count). The van der Waals surface area contributed by atoms with Gasteiger partial charge in [0.15, 0.2) is 11.6 Å². The summed E-state index contributed by atoms with van der Waals surface area (Å²) in [5.41, 5.74) is 6.41. The van der Waals surface area contributed by atoms with Crippen molar-refractivity contribution in [1.29, 1.82) is 0 Å². The van der Waals surface area contributed by atoms with Crippen LogP contribution in [0.1, 0.15) is 41.9 Å². The number of Topliss-reactive ketones (excluding diaryl/α,β-unsaturated/α-hetero) is 1. The summed E-state index contributed by atoms with van der Waals surface area (Å²) in [7, 11) is 0. The molecule has 1 unspecified atom stereocenters. The average Bonchev–Trinajstić information content (AvgIpc) is 3.52. The van der Waals surface area contributed by atoms with Crippen LogP contribution in [0.15, 0.2) is 76.9 Å². The number of aliphatic hydroxyl groups is 1. The molecule has 5 aromatic rings. The third-order valence-electron chi connectivity index (χ3n) is 6.60. The number of ketones is 1. The third kappa shape index (κ3) is 5.56. The predicted octanol–water partition coefficient (Wildman–Crippen LogP) is 4.16. The molecule has 1 atom stereocenters. The molecular weight excluding hydrogens is 537 g/mol. The number of hydrogen-bond donors (Lipinski definition) is 3. The molecule has 0 amide bonds. The van der Waals surface area contributed by atoms with Crippen molar-refractivity contribution < 1.29 is 14.3 Å². The lowest BCUT2D eigenvalue weighted by Gasteiger charge is -2.17. The molecule has 0 fully saturated rings. The van der Waals surface area contributed by atoms with Gasteiger partial charge in [-0.3, -0.25) is 9.59 Å². The molecule has 0 aliphatic carbocycles. The lowest BCUT2D eigenvalue weighted by Crippen LogP contribution is -2.19. The fourth-order valence-corrected chi connectivity index (χ4v) is 4.44. The Labute approximate surface area is 239 Å². The normalized spacial score (nSPS) is 13.4. The summed E-state index contributed by atoms with van der Waals surface area (Å²) >= 11 is 0. The zero-order valence-corrected chi connectivity index (χ0v) is 22.8. The highest BCUT2D eigenvalue weighted by atomic mass is 19.1. The van der Waals surface area contributed by atoms with E-state index in [4.69, 9.17) is 5.73 Å². The fraction of sp³-hybridized carbons (Fsp3) is 0.161. The van der Waals surface area contributed by atoms with Crippen LogP contribution in [0.4, 0.5) is 16.0 Å².